The number of nitrogens with zero attached hydrogens (tertiary/aromatic N) is 3. The van der Waals surface area contributed by atoms with E-state index in [2.05, 4.69) is 9.97 Å². The lowest BCUT2D eigenvalue weighted by atomic mass is 10.3. The van der Waals surface area contributed by atoms with Gasteiger partial charge in [0, 0.05) is 13.0 Å². The van der Waals surface area contributed by atoms with Crippen molar-refractivity contribution in [2.75, 3.05) is 18.0 Å². The van der Waals surface area contributed by atoms with Crippen molar-refractivity contribution in [2.45, 2.75) is 19.8 Å². The Labute approximate surface area is 87.1 Å². The standard InChI is InChI=1S/C10H12FN3O/c1-2-8-9(11)10(13-6-12-8)14-4-3-7(15)5-14/h6H,2-5H2,1H3. The first-order chi connectivity index (χ1) is 7.22. The van der Waals surface area contributed by atoms with Crippen molar-refractivity contribution in [3.63, 3.8) is 0 Å². The molecule has 2 heterocycles. The Bertz CT molecular complexity index is 394. The summed E-state index contributed by atoms with van der Waals surface area (Å²) in [5, 5.41) is 0. The van der Waals surface area contributed by atoms with Crippen molar-refractivity contribution in [2.24, 2.45) is 0 Å². The zero-order valence-electron chi connectivity index (χ0n) is 8.53. The lowest BCUT2D eigenvalue weighted by molar-refractivity contribution is -0.116. The summed E-state index contributed by atoms with van der Waals surface area (Å²) in [6.07, 6.45) is 2.36. The summed E-state index contributed by atoms with van der Waals surface area (Å²) in [6, 6.07) is 0. The second kappa shape index (κ2) is 3.92. The minimum atomic E-state index is -0.394. The fourth-order valence-corrected chi connectivity index (χ4v) is 1.67. The second-order valence-electron chi connectivity index (χ2n) is 3.52. The van der Waals surface area contributed by atoms with Gasteiger partial charge >= 0.3 is 0 Å². The molecular weight excluding hydrogens is 197 g/mol. The molecule has 1 aromatic heterocycles. The van der Waals surface area contributed by atoms with Gasteiger partial charge in [0.15, 0.2) is 17.4 Å². The molecule has 0 amide bonds. The Morgan fingerprint density at radius 3 is 2.93 bits per heavy atom. The first-order valence-electron chi connectivity index (χ1n) is 4.98. The number of aryl methyl sites for hydroxylation is 1. The van der Waals surface area contributed by atoms with Crippen molar-refractivity contribution in [1.82, 2.24) is 9.97 Å². The fourth-order valence-electron chi connectivity index (χ4n) is 1.67. The third-order valence-corrected chi connectivity index (χ3v) is 2.51. The zero-order valence-corrected chi connectivity index (χ0v) is 8.53. The number of rotatable bonds is 2. The van der Waals surface area contributed by atoms with Crippen LogP contribution in [-0.4, -0.2) is 28.8 Å². The van der Waals surface area contributed by atoms with E-state index >= 15 is 0 Å². The van der Waals surface area contributed by atoms with Gasteiger partial charge in [0.05, 0.1) is 12.2 Å². The molecule has 0 N–H and O–H groups in total. The molecule has 1 saturated heterocycles. The van der Waals surface area contributed by atoms with Gasteiger partial charge in [-0.1, -0.05) is 6.92 Å². The molecule has 1 aliphatic rings. The van der Waals surface area contributed by atoms with E-state index < -0.39 is 5.82 Å². The highest BCUT2D eigenvalue weighted by Gasteiger charge is 2.24. The number of carbonyl (C=O) groups is 1. The number of anilines is 1. The fraction of sp³-hybridized carbons (Fsp3) is 0.500. The van der Waals surface area contributed by atoms with Crippen LogP contribution in [0.5, 0.6) is 0 Å². The van der Waals surface area contributed by atoms with Crippen molar-refractivity contribution < 1.29 is 9.18 Å². The van der Waals surface area contributed by atoms with Gasteiger partial charge in [-0.25, -0.2) is 14.4 Å². The topological polar surface area (TPSA) is 46.1 Å². The first kappa shape index (κ1) is 10.0. The van der Waals surface area contributed by atoms with Crippen LogP contribution < -0.4 is 4.90 Å². The molecule has 0 bridgehead atoms. The summed E-state index contributed by atoms with van der Waals surface area (Å²) in [5.41, 5.74) is 0.402. The van der Waals surface area contributed by atoms with Gasteiger partial charge < -0.3 is 4.90 Å². The third-order valence-electron chi connectivity index (χ3n) is 2.51. The summed E-state index contributed by atoms with van der Waals surface area (Å²) >= 11 is 0. The predicted molar refractivity (Wildman–Crippen MR) is 53.2 cm³/mol. The first-order valence-corrected chi connectivity index (χ1v) is 4.98. The molecule has 0 spiro atoms. The van der Waals surface area contributed by atoms with E-state index in [1.807, 2.05) is 6.92 Å². The van der Waals surface area contributed by atoms with Gasteiger partial charge in [-0.05, 0) is 6.42 Å². The smallest absolute Gasteiger partial charge is 0.187 e. The highest BCUT2D eigenvalue weighted by atomic mass is 19.1. The largest absolute Gasteiger partial charge is 0.346 e. The molecule has 1 aliphatic heterocycles. The average Bonchev–Trinajstić information content (AvgIpc) is 2.65. The van der Waals surface area contributed by atoms with Crippen LogP contribution in [0.15, 0.2) is 6.33 Å². The van der Waals surface area contributed by atoms with E-state index in [4.69, 9.17) is 0 Å². The Kier molecular flexibility index (Phi) is 2.62. The molecule has 4 nitrogen and oxygen atoms in total. The molecule has 0 aromatic carbocycles. The number of carbonyl (C=O) groups excluding carboxylic acids is 1. The quantitative estimate of drug-likeness (QED) is 0.727. The highest BCUT2D eigenvalue weighted by molar-refractivity contribution is 5.86. The van der Waals surface area contributed by atoms with Crippen LogP contribution in [0, 0.1) is 5.82 Å². The molecule has 0 saturated carbocycles. The van der Waals surface area contributed by atoms with Crippen LogP contribution in [0.1, 0.15) is 19.0 Å². The van der Waals surface area contributed by atoms with Crippen LogP contribution in [0.3, 0.4) is 0 Å². The zero-order chi connectivity index (χ0) is 10.8. The summed E-state index contributed by atoms with van der Waals surface area (Å²) in [6.45, 7) is 2.65. The molecule has 0 atom stereocenters. The molecule has 1 aromatic rings. The van der Waals surface area contributed by atoms with Crippen LogP contribution >= 0.6 is 0 Å². The molecule has 0 aliphatic carbocycles. The summed E-state index contributed by atoms with van der Waals surface area (Å²) in [5.74, 6) is -0.00605. The summed E-state index contributed by atoms with van der Waals surface area (Å²) in [7, 11) is 0. The van der Waals surface area contributed by atoms with Gasteiger partial charge in [-0.2, -0.15) is 0 Å². The van der Waals surface area contributed by atoms with Gasteiger partial charge in [0.2, 0.25) is 0 Å². The van der Waals surface area contributed by atoms with E-state index in [1.54, 1.807) is 4.90 Å². The molecule has 80 valence electrons. The van der Waals surface area contributed by atoms with E-state index in [0.29, 0.717) is 25.1 Å². The normalized spacial score (nSPS) is 16.1. The molecule has 0 unspecified atom stereocenters. The molecular formula is C10H12FN3O. The molecule has 15 heavy (non-hydrogen) atoms. The second-order valence-corrected chi connectivity index (χ2v) is 3.52. The average molecular weight is 209 g/mol. The number of hydrogen-bond acceptors (Lipinski definition) is 4. The van der Waals surface area contributed by atoms with Crippen molar-refractivity contribution in [1.29, 1.82) is 0 Å². The Morgan fingerprint density at radius 2 is 2.33 bits per heavy atom. The Morgan fingerprint density at radius 1 is 1.53 bits per heavy atom. The number of hydrogen-bond donors (Lipinski definition) is 0. The number of aromatic nitrogens is 2. The maximum absolute atomic E-state index is 13.8. The molecule has 0 radical (unpaired) electrons. The van der Waals surface area contributed by atoms with Gasteiger partial charge in [-0.3, -0.25) is 4.79 Å². The monoisotopic (exact) mass is 209 g/mol. The van der Waals surface area contributed by atoms with Gasteiger partial charge in [-0.15, -0.1) is 0 Å². The highest BCUT2D eigenvalue weighted by Crippen LogP contribution is 2.21. The van der Waals surface area contributed by atoms with Crippen LogP contribution in [0.25, 0.3) is 0 Å². The van der Waals surface area contributed by atoms with Crippen molar-refractivity contribution >= 4 is 11.6 Å². The van der Waals surface area contributed by atoms with E-state index in [9.17, 15) is 9.18 Å². The van der Waals surface area contributed by atoms with E-state index in [0.717, 1.165) is 0 Å². The molecule has 2 rings (SSSR count). The van der Waals surface area contributed by atoms with Crippen molar-refractivity contribution in [3.8, 4) is 0 Å². The van der Waals surface area contributed by atoms with Crippen LogP contribution in [0.4, 0.5) is 10.2 Å². The lowest BCUT2D eigenvalue weighted by Crippen LogP contribution is -2.22. The Balaban J connectivity index is 2.32. The molecule has 1 fully saturated rings. The molecule has 5 heteroatoms. The Hall–Kier alpha value is -1.52. The summed E-state index contributed by atoms with van der Waals surface area (Å²) in [4.78, 5) is 20.5. The lowest BCUT2D eigenvalue weighted by Gasteiger charge is -2.16. The summed E-state index contributed by atoms with van der Waals surface area (Å²) < 4.78 is 13.8. The van der Waals surface area contributed by atoms with Crippen LogP contribution in [-0.2, 0) is 11.2 Å². The third kappa shape index (κ3) is 1.82. The predicted octanol–water partition coefficient (Wildman–Crippen LogP) is 0.957. The van der Waals surface area contributed by atoms with Crippen LogP contribution in [0.2, 0.25) is 0 Å². The maximum atomic E-state index is 13.8. The van der Waals surface area contributed by atoms with Gasteiger partial charge in [0.25, 0.3) is 0 Å². The van der Waals surface area contributed by atoms with E-state index in [1.165, 1.54) is 6.33 Å². The SMILES string of the molecule is CCc1ncnc(N2CCC(=O)C2)c1F. The number of ketones is 1. The van der Waals surface area contributed by atoms with Gasteiger partial charge in [0.1, 0.15) is 6.33 Å². The number of halogens is 1. The number of Topliss-reactive ketones (excluding diaryl/α,β-unsaturated/α-hetero) is 1. The van der Waals surface area contributed by atoms with E-state index in [-0.39, 0.29) is 18.1 Å². The minimum absolute atomic E-state index is 0.131. The minimum Gasteiger partial charge on any atom is -0.346 e. The maximum Gasteiger partial charge on any atom is 0.187 e. The van der Waals surface area contributed by atoms with Crippen molar-refractivity contribution in [3.05, 3.63) is 17.8 Å².